The molecule has 0 aliphatic rings. The molecule has 2 rings (SSSR count). The fourth-order valence-electron chi connectivity index (χ4n) is 2.55. The summed E-state index contributed by atoms with van der Waals surface area (Å²) < 4.78 is 10.1. The highest BCUT2D eigenvalue weighted by molar-refractivity contribution is 8.00. The number of nitrogens with one attached hydrogen (secondary N) is 2. The Morgan fingerprint density at radius 2 is 1.74 bits per heavy atom. The Kier molecular flexibility index (Phi) is 10.6. The van der Waals surface area contributed by atoms with E-state index < -0.39 is 0 Å². The molecule has 2 N–H and O–H groups in total. The number of amides is 2. The van der Waals surface area contributed by atoms with Crippen LogP contribution in [0.5, 0.6) is 0 Å². The van der Waals surface area contributed by atoms with Gasteiger partial charge < -0.3 is 20.1 Å². The van der Waals surface area contributed by atoms with Crippen molar-refractivity contribution in [2.24, 2.45) is 0 Å². The first kappa shape index (κ1) is 24.4. The molecule has 0 bridgehead atoms. The zero-order chi connectivity index (χ0) is 22.5. The fraction of sp³-hybridized carbons (Fsp3) is 0.348. The summed E-state index contributed by atoms with van der Waals surface area (Å²) in [5.41, 5.74) is 1.47. The molecule has 31 heavy (non-hydrogen) atoms. The SMILES string of the molecule is CCCCOC(=O)c1ccc(NC(=O)c2ccccc2SCC(=O)NCCOC)cc1. The van der Waals surface area contributed by atoms with Crippen molar-refractivity contribution in [2.45, 2.75) is 24.7 Å². The smallest absolute Gasteiger partial charge is 0.338 e. The van der Waals surface area contributed by atoms with Crippen LogP contribution in [0.25, 0.3) is 0 Å². The number of carbonyl (C=O) groups excluding carboxylic acids is 3. The average molecular weight is 445 g/mol. The number of benzene rings is 2. The number of hydrogen-bond acceptors (Lipinski definition) is 6. The summed E-state index contributed by atoms with van der Waals surface area (Å²) in [4.78, 5) is 37.3. The Bertz CT molecular complexity index is 871. The topological polar surface area (TPSA) is 93.7 Å². The molecule has 0 aromatic heterocycles. The zero-order valence-electron chi connectivity index (χ0n) is 17.8. The normalized spacial score (nSPS) is 10.4. The van der Waals surface area contributed by atoms with Gasteiger partial charge in [0.25, 0.3) is 5.91 Å². The van der Waals surface area contributed by atoms with E-state index in [-0.39, 0.29) is 23.5 Å². The van der Waals surface area contributed by atoms with Gasteiger partial charge in [-0.05, 0) is 42.8 Å². The van der Waals surface area contributed by atoms with Gasteiger partial charge in [0.1, 0.15) is 0 Å². The molecule has 0 fully saturated rings. The lowest BCUT2D eigenvalue weighted by atomic mass is 10.2. The molecule has 0 saturated heterocycles. The summed E-state index contributed by atoms with van der Waals surface area (Å²) in [6.45, 7) is 3.32. The van der Waals surface area contributed by atoms with Gasteiger partial charge in [-0.25, -0.2) is 4.79 Å². The molecule has 0 aliphatic heterocycles. The molecule has 2 aromatic rings. The van der Waals surface area contributed by atoms with Gasteiger partial charge in [-0.1, -0.05) is 25.5 Å². The molecular weight excluding hydrogens is 416 g/mol. The van der Waals surface area contributed by atoms with Crippen LogP contribution in [0.2, 0.25) is 0 Å². The molecule has 8 heteroatoms. The number of carbonyl (C=O) groups is 3. The van der Waals surface area contributed by atoms with Crippen molar-refractivity contribution in [3.05, 3.63) is 59.7 Å². The molecule has 0 atom stereocenters. The van der Waals surface area contributed by atoms with Gasteiger partial charge in [-0.3, -0.25) is 9.59 Å². The molecule has 166 valence electrons. The summed E-state index contributed by atoms with van der Waals surface area (Å²) in [7, 11) is 1.57. The number of methoxy groups -OCH3 is 1. The third-order valence-corrected chi connectivity index (χ3v) is 5.30. The van der Waals surface area contributed by atoms with E-state index in [1.807, 2.05) is 13.0 Å². The number of ether oxygens (including phenoxy) is 2. The van der Waals surface area contributed by atoms with Gasteiger partial charge in [-0.15, -0.1) is 11.8 Å². The van der Waals surface area contributed by atoms with E-state index in [9.17, 15) is 14.4 Å². The van der Waals surface area contributed by atoms with Crippen molar-refractivity contribution >= 4 is 35.2 Å². The number of anilines is 1. The second-order valence-electron chi connectivity index (χ2n) is 6.65. The summed E-state index contributed by atoms with van der Waals surface area (Å²) in [6.07, 6.45) is 1.78. The highest BCUT2D eigenvalue weighted by Gasteiger charge is 2.14. The first-order valence-corrected chi connectivity index (χ1v) is 11.1. The molecule has 0 spiro atoms. The zero-order valence-corrected chi connectivity index (χ0v) is 18.6. The largest absolute Gasteiger partial charge is 0.462 e. The Morgan fingerprint density at radius 3 is 2.45 bits per heavy atom. The van der Waals surface area contributed by atoms with Crippen LogP contribution in [-0.4, -0.2) is 50.4 Å². The summed E-state index contributed by atoms with van der Waals surface area (Å²) >= 11 is 1.29. The first-order chi connectivity index (χ1) is 15.0. The predicted octanol–water partition coefficient (Wildman–Crippen LogP) is 3.75. The van der Waals surface area contributed by atoms with Crippen LogP contribution in [0.1, 0.15) is 40.5 Å². The minimum Gasteiger partial charge on any atom is -0.462 e. The van der Waals surface area contributed by atoms with Crippen molar-refractivity contribution in [3.8, 4) is 0 Å². The van der Waals surface area contributed by atoms with Crippen molar-refractivity contribution < 1.29 is 23.9 Å². The van der Waals surface area contributed by atoms with E-state index in [4.69, 9.17) is 9.47 Å². The number of unbranched alkanes of at least 4 members (excludes halogenated alkanes) is 1. The maximum absolute atomic E-state index is 12.8. The summed E-state index contributed by atoms with van der Waals surface area (Å²) in [6, 6.07) is 13.7. The third-order valence-electron chi connectivity index (χ3n) is 4.23. The van der Waals surface area contributed by atoms with Gasteiger partial charge in [0, 0.05) is 24.2 Å². The molecule has 2 aromatic carbocycles. The van der Waals surface area contributed by atoms with Crippen LogP contribution >= 0.6 is 11.8 Å². The van der Waals surface area contributed by atoms with Gasteiger partial charge >= 0.3 is 5.97 Å². The molecule has 2 amide bonds. The van der Waals surface area contributed by atoms with E-state index in [2.05, 4.69) is 10.6 Å². The van der Waals surface area contributed by atoms with Crippen LogP contribution in [-0.2, 0) is 14.3 Å². The van der Waals surface area contributed by atoms with Crippen LogP contribution in [0.15, 0.2) is 53.4 Å². The van der Waals surface area contributed by atoms with Crippen molar-refractivity contribution in [1.29, 1.82) is 0 Å². The Hall–Kier alpha value is -2.84. The maximum atomic E-state index is 12.8. The van der Waals surface area contributed by atoms with Gasteiger partial charge in [0.05, 0.1) is 30.1 Å². The van der Waals surface area contributed by atoms with Crippen molar-refractivity contribution in [1.82, 2.24) is 5.32 Å². The van der Waals surface area contributed by atoms with Gasteiger partial charge in [-0.2, -0.15) is 0 Å². The lowest BCUT2D eigenvalue weighted by Crippen LogP contribution is -2.28. The number of rotatable bonds is 12. The van der Waals surface area contributed by atoms with Crippen LogP contribution < -0.4 is 10.6 Å². The number of thioether (sulfide) groups is 1. The quantitative estimate of drug-likeness (QED) is 0.294. The molecule has 0 unspecified atom stereocenters. The lowest BCUT2D eigenvalue weighted by Gasteiger charge is -2.11. The van der Waals surface area contributed by atoms with Crippen LogP contribution in [0.4, 0.5) is 5.69 Å². The number of hydrogen-bond donors (Lipinski definition) is 2. The summed E-state index contributed by atoms with van der Waals surface area (Å²) in [5, 5.41) is 5.57. The van der Waals surface area contributed by atoms with E-state index >= 15 is 0 Å². The minimum atomic E-state index is -0.378. The molecule has 0 radical (unpaired) electrons. The highest BCUT2D eigenvalue weighted by atomic mass is 32.2. The van der Waals surface area contributed by atoms with Crippen LogP contribution in [0.3, 0.4) is 0 Å². The van der Waals surface area contributed by atoms with E-state index in [0.717, 1.165) is 12.8 Å². The Labute approximate surface area is 186 Å². The standard InChI is InChI=1S/C23H28N2O5S/c1-3-4-14-30-23(28)17-9-11-18(12-10-17)25-22(27)19-7-5-6-8-20(19)31-16-21(26)24-13-15-29-2/h5-12H,3-4,13-16H2,1-2H3,(H,24,26)(H,25,27). The predicted molar refractivity (Wildman–Crippen MR) is 122 cm³/mol. The van der Waals surface area contributed by atoms with E-state index in [1.54, 1.807) is 49.6 Å². The fourth-order valence-corrected chi connectivity index (χ4v) is 3.43. The van der Waals surface area contributed by atoms with E-state index in [1.165, 1.54) is 11.8 Å². The lowest BCUT2D eigenvalue weighted by molar-refractivity contribution is -0.118. The summed E-state index contributed by atoms with van der Waals surface area (Å²) in [5.74, 6) is -0.597. The Balaban J connectivity index is 1.95. The third kappa shape index (κ3) is 8.43. The Morgan fingerprint density at radius 1 is 1.00 bits per heavy atom. The maximum Gasteiger partial charge on any atom is 0.338 e. The average Bonchev–Trinajstić information content (AvgIpc) is 2.78. The van der Waals surface area contributed by atoms with Gasteiger partial charge in [0.2, 0.25) is 5.91 Å². The second kappa shape index (κ2) is 13.5. The molecular formula is C23H28N2O5S. The molecule has 0 saturated carbocycles. The molecule has 7 nitrogen and oxygen atoms in total. The van der Waals surface area contributed by atoms with Crippen molar-refractivity contribution in [3.63, 3.8) is 0 Å². The monoisotopic (exact) mass is 444 g/mol. The van der Waals surface area contributed by atoms with Gasteiger partial charge in [0.15, 0.2) is 0 Å². The second-order valence-corrected chi connectivity index (χ2v) is 7.67. The molecule has 0 heterocycles. The van der Waals surface area contributed by atoms with Crippen molar-refractivity contribution in [2.75, 3.05) is 37.9 Å². The first-order valence-electron chi connectivity index (χ1n) is 10.1. The van der Waals surface area contributed by atoms with Crippen LogP contribution in [0, 0.1) is 0 Å². The number of esters is 1. The molecule has 0 aliphatic carbocycles. The highest BCUT2D eigenvalue weighted by Crippen LogP contribution is 2.23. The minimum absolute atomic E-state index is 0.126. The van der Waals surface area contributed by atoms with E-state index in [0.29, 0.717) is 41.5 Å².